The molecule has 0 atom stereocenters. The summed E-state index contributed by atoms with van der Waals surface area (Å²) in [5, 5.41) is 6.09. The van der Waals surface area contributed by atoms with Crippen molar-refractivity contribution in [3.8, 4) is 11.9 Å². The molecule has 0 radical (unpaired) electrons. The fourth-order valence-electron chi connectivity index (χ4n) is 1.49. The number of aromatic nitrogens is 4. The maximum absolute atomic E-state index is 12.4. The molecule has 1 N–H and O–H groups in total. The van der Waals surface area contributed by atoms with Gasteiger partial charge in [0.25, 0.3) is 0 Å². The van der Waals surface area contributed by atoms with Crippen molar-refractivity contribution in [1.29, 1.82) is 0 Å². The van der Waals surface area contributed by atoms with Crippen LogP contribution in [0.4, 0.5) is 13.2 Å². The van der Waals surface area contributed by atoms with Gasteiger partial charge in [-0.2, -0.15) is 28.2 Å². The molecule has 9 heteroatoms. The van der Waals surface area contributed by atoms with Crippen molar-refractivity contribution in [1.82, 2.24) is 20.2 Å². The highest BCUT2D eigenvalue weighted by Crippen LogP contribution is 2.30. The van der Waals surface area contributed by atoms with E-state index in [4.69, 9.17) is 9.47 Å². The third-order valence-corrected chi connectivity index (χ3v) is 2.18. The third-order valence-electron chi connectivity index (χ3n) is 2.18. The highest BCUT2D eigenvalue weighted by molar-refractivity contribution is 5.83. The smallest absolute Gasteiger partial charge is 0.394 e. The number of H-pyrrole nitrogens is 1. The lowest BCUT2D eigenvalue weighted by Gasteiger charge is -2.06. The number of fused-ring (bicyclic) bond motifs is 1. The number of rotatable bonds is 3. The van der Waals surface area contributed by atoms with Crippen LogP contribution in [0.3, 0.4) is 0 Å². The predicted molar refractivity (Wildman–Crippen MR) is 54.5 cm³/mol. The molecule has 2 aromatic heterocycles. The maximum atomic E-state index is 12.4. The molecule has 18 heavy (non-hydrogen) atoms. The summed E-state index contributed by atoms with van der Waals surface area (Å²) < 4.78 is 46.8. The van der Waals surface area contributed by atoms with Crippen LogP contribution in [0, 0.1) is 0 Å². The minimum absolute atomic E-state index is 0.00940. The van der Waals surface area contributed by atoms with Gasteiger partial charge in [0.15, 0.2) is 5.65 Å². The topological polar surface area (TPSA) is 72.9 Å². The SMILES string of the molecule is COc1nc(OC)c2c(CC(F)(F)F)n[nH]c2n1. The Morgan fingerprint density at radius 3 is 2.44 bits per heavy atom. The van der Waals surface area contributed by atoms with Crippen molar-refractivity contribution in [3.63, 3.8) is 0 Å². The van der Waals surface area contributed by atoms with Crippen molar-refractivity contribution in [2.45, 2.75) is 12.6 Å². The average molecular weight is 262 g/mol. The molecule has 0 unspecified atom stereocenters. The summed E-state index contributed by atoms with van der Waals surface area (Å²) >= 11 is 0. The van der Waals surface area contributed by atoms with E-state index in [9.17, 15) is 13.2 Å². The number of alkyl halides is 3. The Labute approximate surface area is 99.1 Å². The summed E-state index contributed by atoms with van der Waals surface area (Å²) in [5.41, 5.74) is -0.0741. The van der Waals surface area contributed by atoms with Crippen LogP contribution in [0.25, 0.3) is 11.0 Å². The lowest BCUT2D eigenvalue weighted by Crippen LogP contribution is -2.12. The lowest BCUT2D eigenvalue weighted by molar-refractivity contribution is -0.127. The summed E-state index contributed by atoms with van der Waals surface area (Å²) in [7, 11) is 2.64. The van der Waals surface area contributed by atoms with E-state index in [0.29, 0.717) is 0 Å². The van der Waals surface area contributed by atoms with Gasteiger partial charge in [0, 0.05) is 0 Å². The minimum atomic E-state index is -4.37. The molecule has 0 saturated heterocycles. The second-order valence-electron chi connectivity index (χ2n) is 3.41. The monoisotopic (exact) mass is 262 g/mol. The summed E-state index contributed by atoms with van der Waals surface area (Å²) in [4.78, 5) is 7.67. The standard InChI is InChI=1S/C9H9F3N4O2/c1-17-7-5-4(3-9(10,11)12)15-16-6(5)13-8(14-7)18-2/h3H2,1-2H3,(H,13,14,15,16). The zero-order valence-electron chi connectivity index (χ0n) is 9.50. The number of nitrogens with one attached hydrogen (secondary N) is 1. The van der Waals surface area contributed by atoms with Gasteiger partial charge in [-0.05, 0) is 0 Å². The number of hydrogen-bond donors (Lipinski definition) is 1. The van der Waals surface area contributed by atoms with Gasteiger partial charge >= 0.3 is 12.2 Å². The van der Waals surface area contributed by atoms with Crippen LogP contribution >= 0.6 is 0 Å². The van der Waals surface area contributed by atoms with Crippen molar-refractivity contribution < 1.29 is 22.6 Å². The first-order valence-electron chi connectivity index (χ1n) is 4.84. The molecule has 2 rings (SSSR count). The highest BCUT2D eigenvalue weighted by Gasteiger charge is 2.31. The molecule has 0 aliphatic rings. The number of hydrogen-bond acceptors (Lipinski definition) is 5. The zero-order chi connectivity index (χ0) is 13.3. The Morgan fingerprint density at radius 1 is 1.17 bits per heavy atom. The van der Waals surface area contributed by atoms with E-state index in [1.807, 2.05) is 0 Å². The normalized spacial score (nSPS) is 11.8. The zero-order valence-corrected chi connectivity index (χ0v) is 9.50. The van der Waals surface area contributed by atoms with E-state index in [-0.39, 0.29) is 28.6 Å². The van der Waals surface area contributed by atoms with Crippen molar-refractivity contribution in [3.05, 3.63) is 5.69 Å². The number of methoxy groups -OCH3 is 2. The summed E-state index contributed by atoms with van der Waals surface area (Å²) in [6, 6.07) is -0.0124. The first-order chi connectivity index (χ1) is 8.44. The Kier molecular flexibility index (Phi) is 2.97. The van der Waals surface area contributed by atoms with E-state index in [2.05, 4.69) is 20.2 Å². The summed E-state index contributed by atoms with van der Waals surface area (Å²) in [6.07, 6.45) is -5.55. The molecule has 0 fully saturated rings. The number of halogens is 3. The van der Waals surface area contributed by atoms with Gasteiger partial charge in [-0.25, -0.2) is 0 Å². The van der Waals surface area contributed by atoms with Crippen LogP contribution in [0.1, 0.15) is 5.69 Å². The van der Waals surface area contributed by atoms with Crippen molar-refractivity contribution in [2.24, 2.45) is 0 Å². The number of nitrogens with zero attached hydrogens (tertiary/aromatic N) is 3. The first-order valence-corrected chi connectivity index (χ1v) is 4.84. The van der Waals surface area contributed by atoms with Crippen LogP contribution in [0.5, 0.6) is 11.9 Å². The molecule has 2 heterocycles. The largest absolute Gasteiger partial charge is 0.480 e. The summed E-state index contributed by atoms with van der Waals surface area (Å²) in [5.74, 6) is -0.00940. The molecule has 0 saturated carbocycles. The van der Waals surface area contributed by atoms with E-state index >= 15 is 0 Å². The molecule has 98 valence electrons. The van der Waals surface area contributed by atoms with Gasteiger partial charge < -0.3 is 9.47 Å². The fraction of sp³-hybridized carbons (Fsp3) is 0.444. The molecule has 0 aliphatic carbocycles. The van der Waals surface area contributed by atoms with E-state index in [1.54, 1.807) is 0 Å². The average Bonchev–Trinajstić information content (AvgIpc) is 2.69. The Balaban J connectivity index is 2.57. The Hall–Kier alpha value is -2.06. The third kappa shape index (κ3) is 2.29. The van der Waals surface area contributed by atoms with Gasteiger partial charge in [0.1, 0.15) is 5.39 Å². The first kappa shape index (κ1) is 12.4. The van der Waals surface area contributed by atoms with Crippen LogP contribution in [-0.2, 0) is 6.42 Å². The molecule has 0 aliphatic heterocycles. The molecule has 6 nitrogen and oxygen atoms in total. The van der Waals surface area contributed by atoms with Crippen LogP contribution in [0.15, 0.2) is 0 Å². The fourth-order valence-corrected chi connectivity index (χ4v) is 1.49. The van der Waals surface area contributed by atoms with Crippen LogP contribution in [0.2, 0.25) is 0 Å². The van der Waals surface area contributed by atoms with Crippen LogP contribution < -0.4 is 9.47 Å². The maximum Gasteiger partial charge on any atom is 0.394 e. The second kappa shape index (κ2) is 4.31. The van der Waals surface area contributed by atoms with E-state index in [1.165, 1.54) is 14.2 Å². The molecule has 0 bridgehead atoms. The lowest BCUT2D eigenvalue weighted by atomic mass is 10.2. The second-order valence-corrected chi connectivity index (χ2v) is 3.41. The number of ether oxygens (including phenoxy) is 2. The highest BCUT2D eigenvalue weighted by atomic mass is 19.4. The van der Waals surface area contributed by atoms with Crippen molar-refractivity contribution >= 4 is 11.0 Å². The van der Waals surface area contributed by atoms with Gasteiger partial charge in [-0.15, -0.1) is 0 Å². The predicted octanol–water partition coefficient (Wildman–Crippen LogP) is 1.47. The quantitative estimate of drug-likeness (QED) is 0.906. The molecule has 2 aromatic rings. The van der Waals surface area contributed by atoms with Gasteiger partial charge in [-0.3, -0.25) is 5.10 Å². The Bertz CT molecular complexity index is 567. The van der Waals surface area contributed by atoms with E-state index in [0.717, 1.165) is 0 Å². The molecular formula is C9H9F3N4O2. The molecule has 0 spiro atoms. The van der Waals surface area contributed by atoms with Gasteiger partial charge in [0.2, 0.25) is 5.88 Å². The Morgan fingerprint density at radius 2 is 1.89 bits per heavy atom. The van der Waals surface area contributed by atoms with Crippen molar-refractivity contribution in [2.75, 3.05) is 14.2 Å². The number of aromatic amines is 1. The molecular weight excluding hydrogens is 253 g/mol. The summed E-state index contributed by atoms with van der Waals surface area (Å²) in [6.45, 7) is 0. The molecule has 0 amide bonds. The van der Waals surface area contributed by atoms with Gasteiger partial charge in [-0.1, -0.05) is 0 Å². The molecule has 0 aromatic carbocycles. The van der Waals surface area contributed by atoms with Crippen LogP contribution in [-0.4, -0.2) is 40.6 Å². The van der Waals surface area contributed by atoms with E-state index < -0.39 is 12.6 Å². The van der Waals surface area contributed by atoms with Gasteiger partial charge in [0.05, 0.1) is 26.3 Å². The minimum Gasteiger partial charge on any atom is -0.480 e.